The number of nitroso groups, excluding NO2 is 1. The molecule has 1 N–H and O–H groups in total. The molecule has 9 heteroatoms. The number of esters is 1. The summed E-state index contributed by atoms with van der Waals surface area (Å²) in [6.45, 7) is 7.05. The van der Waals surface area contributed by atoms with Gasteiger partial charge < -0.3 is 13.8 Å². The van der Waals surface area contributed by atoms with E-state index in [0.717, 1.165) is 0 Å². The summed E-state index contributed by atoms with van der Waals surface area (Å²) in [5, 5.41) is 2.59. The number of ether oxygens (including phenoxy) is 1. The SMILES string of the molecule is C=Cc1ccccc1OP(=O)(NC(C)C(=O)OCC)Oc1ccc([N+](C)=O)cc1. The molecule has 29 heavy (non-hydrogen) atoms. The third kappa shape index (κ3) is 6.27. The Bertz CT molecular complexity index is 929. The zero-order valence-electron chi connectivity index (χ0n) is 16.5. The number of rotatable bonds is 10. The predicted molar refractivity (Wildman–Crippen MR) is 110 cm³/mol. The number of carbonyl (C=O) groups is 1. The Morgan fingerprint density at radius 2 is 1.86 bits per heavy atom. The van der Waals surface area contributed by atoms with Gasteiger partial charge in [0.1, 0.15) is 17.5 Å². The van der Waals surface area contributed by atoms with Crippen molar-refractivity contribution in [2.24, 2.45) is 0 Å². The Hall–Kier alpha value is -2.96. The highest BCUT2D eigenvalue weighted by Crippen LogP contribution is 2.46. The first-order valence-electron chi connectivity index (χ1n) is 8.94. The Labute approximate surface area is 169 Å². The van der Waals surface area contributed by atoms with Crippen LogP contribution in [-0.2, 0) is 14.1 Å². The Balaban J connectivity index is 2.33. The number of hydrogen-bond donors (Lipinski definition) is 1. The lowest BCUT2D eigenvalue weighted by atomic mass is 10.2. The van der Waals surface area contributed by atoms with E-state index in [1.807, 2.05) is 0 Å². The summed E-state index contributed by atoms with van der Waals surface area (Å²) in [6.07, 6.45) is 1.55. The first-order valence-corrected chi connectivity index (χ1v) is 10.5. The number of nitrogens with one attached hydrogen (secondary N) is 1. The molecule has 2 unspecified atom stereocenters. The van der Waals surface area contributed by atoms with E-state index in [1.54, 1.807) is 37.3 Å². The zero-order chi connectivity index (χ0) is 21.4. The second kappa shape index (κ2) is 10.0. The fourth-order valence-electron chi connectivity index (χ4n) is 2.35. The van der Waals surface area contributed by atoms with Crippen LogP contribution in [0.1, 0.15) is 19.4 Å². The lowest BCUT2D eigenvalue weighted by Gasteiger charge is -2.23. The molecule has 0 aromatic heterocycles. The predicted octanol–water partition coefficient (Wildman–Crippen LogP) is 4.48. The minimum absolute atomic E-state index is 0.181. The van der Waals surface area contributed by atoms with Crippen molar-refractivity contribution < 1.29 is 27.9 Å². The van der Waals surface area contributed by atoms with Gasteiger partial charge in [0.2, 0.25) is 0 Å². The van der Waals surface area contributed by atoms with Crippen molar-refractivity contribution in [3.8, 4) is 11.5 Å². The van der Waals surface area contributed by atoms with E-state index in [4.69, 9.17) is 13.8 Å². The molecule has 2 aromatic rings. The minimum atomic E-state index is -4.07. The zero-order valence-corrected chi connectivity index (χ0v) is 17.4. The van der Waals surface area contributed by atoms with Gasteiger partial charge in [-0.2, -0.15) is 5.09 Å². The molecule has 0 aliphatic heterocycles. The van der Waals surface area contributed by atoms with E-state index in [9.17, 15) is 14.3 Å². The van der Waals surface area contributed by atoms with Crippen LogP contribution in [0.5, 0.6) is 11.5 Å². The molecule has 0 saturated carbocycles. The smallest absolute Gasteiger partial charge is 0.465 e. The second-order valence-corrected chi connectivity index (χ2v) is 7.63. The molecule has 8 nitrogen and oxygen atoms in total. The minimum Gasteiger partial charge on any atom is -0.465 e. The number of hydrogen-bond acceptors (Lipinski definition) is 6. The molecular formula is C20H24N2O6P+. The van der Waals surface area contributed by atoms with E-state index < -0.39 is 19.8 Å². The van der Waals surface area contributed by atoms with Crippen molar-refractivity contribution in [2.75, 3.05) is 13.7 Å². The summed E-state index contributed by atoms with van der Waals surface area (Å²) in [5.41, 5.74) is 1.00. The molecule has 0 aliphatic carbocycles. The van der Waals surface area contributed by atoms with Crippen molar-refractivity contribution >= 4 is 25.5 Å². The molecule has 0 heterocycles. The molecule has 2 atom stereocenters. The molecule has 0 amide bonds. The first kappa shape index (κ1) is 22.3. The summed E-state index contributed by atoms with van der Waals surface area (Å²) in [7, 11) is -2.71. The van der Waals surface area contributed by atoms with Gasteiger partial charge in [-0.1, -0.05) is 30.9 Å². The largest absolute Gasteiger partial charge is 0.513 e. The number of carbonyl (C=O) groups excluding carboxylic acids is 1. The molecule has 0 spiro atoms. The molecule has 154 valence electrons. The van der Waals surface area contributed by atoms with E-state index in [0.29, 0.717) is 16.0 Å². The fraction of sp³-hybridized carbons (Fsp3) is 0.250. The Kier molecular flexibility index (Phi) is 7.70. The topological polar surface area (TPSA) is 93.9 Å². The maximum absolute atomic E-state index is 13.5. The standard InChI is InChI=1S/C20H24N2O6P/c1-5-16-9-7-8-10-19(16)28-29(25,21-15(3)20(23)26-6-2)27-18-13-11-17(12-14-18)22(4)24/h5,7-15H,1,6H2,2-4H3,(H,21,25)/q+1. The van der Waals surface area contributed by atoms with Crippen molar-refractivity contribution in [1.82, 2.24) is 5.09 Å². The van der Waals surface area contributed by atoms with Gasteiger partial charge >= 0.3 is 13.7 Å². The highest BCUT2D eigenvalue weighted by molar-refractivity contribution is 7.52. The van der Waals surface area contributed by atoms with Gasteiger partial charge in [0.05, 0.1) is 6.61 Å². The maximum atomic E-state index is 13.5. The second-order valence-electron chi connectivity index (χ2n) is 6.02. The van der Waals surface area contributed by atoms with Crippen molar-refractivity contribution in [3.63, 3.8) is 0 Å². The van der Waals surface area contributed by atoms with Crippen molar-refractivity contribution in [1.29, 1.82) is 0 Å². The van der Waals surface area contributed by atoms with Crippen LogP contribution in [0.4, 0.5) is 5.69 Å². The fourth-order valence-corrected chi connectivity index (χ4v) is 3.89. The highest BCUT2D eigenvalue weighted by atomic mass is 31.2. The van der Waals surface area contributed by atoms with Crippen molar-refractivity contribution in [3.05, 3.63) is 65.6 Å². The van der Waals surface area contributed by atoms with Crippen LogP contribution in [0.25, 0.3) is 6.08 Å². The molecule has 0 aliphatic rings. The van der Waals surface area contributed by atoms with Crippen LogP contribution in [0.2, 0.25) is 0 Å². The lowest BCUT2D eigenvalue weighted by Crippen LogP contribution is -2.35. The normalized spacial score (nSPS) is 13.6. The van der Waals surface area contributed by atoms with Gasteiger partial charge in [0, 0.05) is 27.4 Å². The molecule has 2 rings (SSSR count). The highest BCUT2D eigenvalue weighted by Gasteiger charge is 2.34. The Morgan fingerprint density at radius 1 is 1.21 bits per heavy atom. The van der Waals surface area contributed by atoms with Gasteiger partial charge in [0.15, 0.2) is 7.05 Å². The van der Waals surface area contributed by atoms with E-state index >= 15 is 0 Å². The van der Waals surface area contributed by atoms with Crippen LogP contribution in [-0.4, -0.2) is 30.4 Å². The van der Waals surface area contributed by atoms with Gasteiger partial charge in [-0.3, -0.25) is 4.79 Å². The maximum Gasteiger partial charge on any atom is 0.513 e. The van der Waals surface area contributed by atoms with Gasteiger partial charge in [-0.25, -0.2) is 4.57 Å². The van der Waals surface area contributed by atoms with Gasteiger partial charge in [-0.15, -0.1) is 0 Å². The lowest BCUT2D eigenvalue weighted by molar-refractivity contribution is -0.428. The van der Waals surface area contributed by atoms with Crippen LogP contribution in [0.3, 0.4) is 0 Å². The molecule has 2 aromatic carbocycles. The number of nitrogens with zero attached hydrogens (tertiary/aromatic N) is 1. The van der Waals surface area contributed by atoms with E-state index in [-0.39, 0.29) is 18.1 Å². The number of para-hydroxylation sites is 1. The molecule has 0 saturated heterocycles. The van der Waals surface area contributed by atoms with Crippen LogP contribution in [0.15, 0.2) is 55.1 Å². The number of benzene rings is 2. The Morgan fingerprint density at radius 3 is 2.45 bits per heavy atom. The quantitative estimate of drug-likeness (QED) is 0.345. The van der Waals surface area contributed by atoms with Gasteiger partial charge in [-0.05, 0) is 32.0 Å². The molecule has 0 radical (unpaired) electrons. The third-order valence-electron chi connectivity index (χ3n) is 3.78. The monoisotopic (exact) mass is 419 g/mol. The average molecular weight is 419 g/mol. The summed E-state index contributed by atoms with van der Waals surface area (Å²) in [5.74, 6) is -0.135. The summed E-state index contributed by atoms with van der Waals surface area (Å²) in [6, 6.07) is 11.9. The van der Waals surface area contributed by atoms with E-state index in [2.05, 4.69) is 11.7 Å². The molecule has 0 bridgehead atoms. The van der Waals surface area contributed by atoms with Crippen molar-refractivity contribution in [2.45, 2.75) is 19.9 Å². The van der Waals surface area contributed by atoms with Crippen LogP contribution in [0, 0.1) is 4.91 Å². The summed E-state index contributed by atoms with van der Waals surface area (Å²) in [4.78, 5) is 23.4. The van der Waals surface area contributed by atoms with Gasteiger partial charge in [0.25, 0.3) is 5.69 Å². The third-order valence-corrected chi connectivity index (χ3v) is 5.37. The molecule has 0 fully saturated rings. The summed E-state index contributed by atoms with van der Waals surface area (Å²) >= 11 is 0. The van der Waals surface area contributed by atoms with E-state index in [1.165, 1.54) is 38.2 Å². The summed E-state index contributed by atoms with van der Waals surface area (Å²) < 4.78 is 30.4. The molecular weight excluding hydrogens is 395 g/mol. The first-order chi connectivity index (χ1) is 13.8. The van der Waals surface area contributed by atoms with Crippen LogP contribution >= 0.6 is 7.75 Å². The van der Waals surface area contributed by atoms with Crippen LogP contribution < -0.4 is 14.1 Å². The average Bonchev–Trinajstić information content (AvgIpc) is 2.68.